The Morgan fingerprint density at radius 2 is 1.85 bits per heavy atom. The number of carbonyl (C=O) groups is 1. The van der Waals surface area contributed by atoms with Crippen LogP contribution in [0.25, 0.3) is 16.7 Å². The van der Waals surface area contributed by atoms with Gasteiger partial charge in [0, 0.05) is 24.5 Å². The van der Waals surface area contributed by atoms with E-state index in [0.29, 0.717) is 32.0 Å². The van der Waals surface area contributed by atoms with Crippen LogP contribution in [0, 0.1) is 13.8 Å². The van der Waals surface area contributed by atoms with E-state index in [9.17, 15) is 9.59 Å². The van der Waals surface area contributed by atoms with Crippen molar-refractivity contribution in [2.75, 3.05) is 26.3 Å². The average Bonchev–Trinajstić information content (AvgIpc) is 3.04. The van der Waals surface area contributed by atoms with Gasteiger partial charge in [-0.05, 0) is 31.5 Å². The molecule has 3 aromatic rings. The van der Waals surface area contributed by atoms with E-state index in [1.165, 1.54) is 4.57 Å². The van der Waals surface area contributed by atoms with Crippen LogP contribution in [-0.4, -0.2) is 51.5 Å². The lowest BCUT2D eigenvalue weighted by molar-refractivity contribution is -0.135. The fourth-order valence-electron chi connectivity index (χ4n) is 3.62. The minimum Gasteiger partial charge on any atom is -0.378 e. The van der Waals surface area contributed by atoms with Crippen LogP contribution in [0.5, 0.6) is 0 Å². The maximum Gasteiger partial charge on any atom is 0.252 e. The summed E-state index contributed by atoms with van der Waals surface area (Å²) < 4.78 is 8.60. The van der Waals surface area contributed by atoms with Crippen LogP contribution < -0.4 is 5.56 Å². The normalized spacial score (nSPS) is 14.7. The van der Waals surface area contributed by atoms with E-state index >= 15 is 0 Å². The van der Waals surface area contributed by atoms with Crippen LogP contribution in [0.1, 0.15) is 11.3 Å². The first-order valence-corrected chi connectivity index (χ1v) is 9.07. The molecular weight excluding hydrogens is 344 g/mol. The number of fused-ring (bicyclic) bond motifs is 1. The van der Waals surface area contributed by atoms with Gasteiger partial charge in [0.25, 0.3) is 5.56 Å². The van der Waals surface area contributed by atoms with Gasteiger partial charge in [0.15, 0.2) is 0 Å². The van der Waals surface area contributed by atoms with Crippen molar-refractivity contribution >= 4 is 16.9 Å². The Balaban J connectivity index is 1.87. The minimum absolute atomic E-state index is 0.00637. The van der Waals surface area contributed by atoms with Gasteiger partial charge in [0.2, 0.25) is 5.91 Å². The Morgan fingerprint density at radius 1 is 1.15 bits per heavy atom. The molecule has 0 N–H and O–H groups in total. The molecule has 7 heteroatoms. The van der Waals surface area contributed by atoms with Gasteiger partial charge >= 0.3 is 0 Å². The molecule has 0 bridgehead atoms. The molecule has 4 rings (SSSR count). The Labute approximate surface area is 156 Å². The minimum atomic E-state index is -0.196. The summed E-state index contributed by atoms with van der Waals surface area (Å²) in [6.07, 6.45) is 0. The van der Waals surface area contributed by atoms with Gasteiger partial charge in [0.05, 0.1) is 24.6 Å². The molecule has 1 saturated heterocycles. The lowest BCUT2D eigenvalue weighted by atomic mass is 10.1. The second-order valence-corrected chi connectivity index (χ2v) is 6.78. The molecule has 1 aliphatic rings. The van der Waals surface area contributed by atoms with Crippen molar-refractivity contribution in [3.05, 3.63) is 58.0 Å². The summed E-state index contributed by atoms with van der Waals surface area (Å²) >= 11 is 0. The summed E-state index contributed by atoms with van der Waals surface area (Å²) in [6.45, 7) is 6.00. The molecule has 140 valence electrons. The summed E-state index contributed by atoms with van der Waals surface area (Å²) in [7, 11) is 0. The Kier molecular flexibility index (Phi) is 4.53. The molecule has 0 unspecified atom stereocenters. The molecule has 1 aliphatic heterocycles. The second-order valence-electron chi connectivity index (χ2n) is 6.78. The molecule has 0 spiro atoms. The van der Waals surface area contributed by atoms with Gasteiger partial charge in [-0.1, -0.05) is 18.2 Å². The van der Waals surface area contributed by atoms with Gasteiger partial charge in [-0.15, -0.1) is 0 Å². The molecule has 0 aliphatic carbocycles. The van der Waals surface area contributed by atoms with E-state index in [4.69, 9.17) is 4.74 Å². The van der Waals surface area contributed by atoms with Crippen molar-refractivity contribution in [1.82, 2.24) is 19.2 Å². The summed E-state index contributed by atoms with van der Waals surface area (Å²) in [5.74, 6) is -0.0796. The molecule has 3 heterocycles. The van der Waals surface area contributed by atoms with Gasteiger partial charge in [-0.2, -0.15) is 5.10 Å². The highest BCUT2D eigenvalue weighted by atomic mass is 16.5. The lowest BCUT2D eigenvalue weighted by Crippen LogP contribution is -2.43. The molecule has 27 heavy (non-hydrogen) atoms. The molecule has 1 amide bonds. The zero-order chi connectivity index (χ0) is 19.0. The van der Waals surface area contributed by atoms with E-state index in [2.05, 4.69) is 5.10 Å². The van der Waals surface area contributed by atoms with Crippen molar-refractivity contribution in [2.24, 2.45) is 0 Å². The zero-order valence-corrected chi connectivity index (χ0v) is 15.5. The third kappa shape index (κ3) is 3.14. The molecular formula is C20H22N4O3. The highest BCUT2D eigenvalue weighted by Gasteiger charge is 2.22. The Morgan fingerprint density at radius 3 is 2.56 bits per heavy atom. The SMILES string of the molecule is Cc1cc(=O)n(CC(=O)N2CCOCC2)c2c1c(C)nn2-c1ccccc1. The molecule has 0 radical (unpaired) electrons. The Hall–Kier alpha value is -2.93. The van der Waals surface area contributed by atoms with Crippen molar-refractivity contribution in [2.45, 2.75) is 20.4 Å². The first kappa shape index (κ1) is 17.5. The molecule has 0 saturated carbocycles. The number of hydrogen-bond acceptors (Lipinski definition) is 4. The predicted molar refractivity (Wildman–Crippen MR) is 102 cm³/mol. The van der Waals surface area contributed by atoms with E-state index in [-0.39, 0.29) is 18.0 Å². The first-order valence-electron chi connectivity index (χ1n) is 9.07. The maximum atomic E-state index is 12.8. The van der Waals surface area contributed by atoms with E-state index < -0.39 is 0 Å². The van der Waals surface area contributed by atoms with Gasteiger partial charge in [-0.3, -0.25) is 14.2 Å². The number of hydrogen-bond donors (Lipinski definition) is 0. The number of pyridine rings is 1. The van der Waals surface area contributed by atoms with E-state index in [0.717, 1.165) is 22.3 Å². The monoisotopic (exact) mass is 366 g/mol. The van der Waals surface area contributed by atoms with Crippen LogP contribution in [0.4, 0.5) is 0 Å². The molecule has 1 fully saturated rings. The van der Waals surface area contributed by atoms with Gasteiger partial charge < -0.3 is 9.64 Å². The first-order chi connectivity index (χ1) is 13.1. The van der Waals surface area contributed by atoms with Crippen LogP contribution in [0.15, 0.2) is 41.2 Å². The number of para-hydroxylation sites is 1. The number of aryl methyl sites for hydroxylation is 2. The average molecular weight is 366 g/mol. The lowest BCUT2D eigenvalue weighted by Gasteiger charge is -2.27. The van der Waals surface area contributed by atoms with E-state index in [1.54, 1.807) is 15.6 Å². The molecule has 7 nitrogen and oxygen atoms in total. The highest BCUT2D eigenvalue weighted by molar-refractivity contribution is 5.85. The number of aromatic nitrogens is 3. The Bertz CT molecular complexity index is 1050. The standard InChI is InChI=1S/C20H22N4O3/c1-14-12-17(25)23(13-18(26)22-8-10-27-11-9-22)20-19(14)15(2)21-24(20)16-6-4-3-5-7-16/h3-7,12H,8-11,13H2,1-2H3. The third-order valence-corrected chi connectivity index (χ3v) is 4.95. The fourth-order valence-corrected chi connectivity index (χ4v) is 3.62. The summed E-state index contributed by atoms with van der Waals surface area (Å²) in [6, 6.07) is 11.2. The number of carbonyl (C=O) groups excluding carboxylic acids is 1. The molecule has 1 aromatic carbocycles. The predicted octanol–water partition coefficient (Wildman–Crippen LogP) is 1.66. The van der Waals surface area contributed by atoms with Crippen LogP contribution >= 0.6 is 0 Å². The number of ether oxygens (including phenoxy) is 1. The van der Waals surface area contributed by atoms with Crippen molar-refractivity contribution < 1.29 is 9.53 Å². The summed E-state index contributed by atoms with van der Waals surface area (Å²) in [4.78, 5) is 27.3. The molecule has 2 aromatic heterocycles. The quantitative estimate of drug-likeness (QED) is 0.707. The summed E-state index contributed by atoms with van der Waals surface area (Å²) in [5, 5.41) is 5.56. The number of morpholine rings is 1. The van der Waals surface area contributed by atoms with Crippen LogP contribution in [-0.2, 0) is 16.1 Å². The number of amides is 1. The van der Waals surface area contributed by atoms with Crippen molar-refractivity contribution in [1.29, 1.82) is 0 Å². The van der Waals surface area contributed by atoms with Gasteiger partial charge in [-0.25, -0.2) is 4.68 Å². The number of benzene rings is 1. The maximum absolute atomic E-state index is 12.8. The van der Waals surface area contributed by atoms with Crippen LogP contribution in [0.3, 0.4) is 0 Å². The fraction of sp³-hybridized carbons (Fsp3) is 0.350. The zero-order valence-electron chi connectivity index (χ0n) is 15.5. The smallest absolute Gasteiger partial charge is 0.252 e. The summed E-state index contributed by atoms with van der Waals surface area (Å²) in [5.41, 5.74) is 3.01. The number of nitrogens with zero attached hydrogens (tertiary/aromatic N) is 4. The van der Waals surface area contributed by atoms with Crippen molar-refractivity contribution in [3.8, 4) is 5.69 Å². The topological polar surface area (TPSA) is 69.4 Å². The largest absolute Gasteiger partial charge is 0.378 e. The van der Waals surface area contributed by atoms with Crippen LogP contribution in [0.2, 0.25) is 0 Å². The molecule has 0 atom stereocenters. The highest BCUT2D eigenvalue weighted by Crippen LogP contribution is 2.23. The van der Waals surface area contributed by atoms with Gasteiger partial charge in [0.1, 0.15) is 12.2 Å². The number of rotatable bonds is 3. The van der Waals surface area contributed by atoms with E-state index in [1.807, 2.05) is 44.2 Å². The third-order valence-electron chi connectivity index (χ3n) is 4.95. The second kappa shape index (κ2) is 7.00. The van der Waals surface area contributed by atoms with Crippen molar-refractivity contribution in [3.63, 3.8) is 0 Å².